The predicted octanol–water partition coefficient (Wildman–Crippen LogP) is 3.98. The van der Waals surface area contributed by atoms with Gasteiger partial charge in [-0.3, -0.25) is 4.90 Å². The molecule has 2 aromatic rings. The summed E-state index contributed by atoms with van der Waals surface area (Å²) in [5.74, 6) is 0. The molecule has 0 atom stereocenters. The minimum Gasteiger partial charge on any atom is -0.398 e. The number of aryl methyl sites for hydroxylation is 1. The molecular weight excluding hydrogens is 312 g/mol. The molecule has 0 bridgehead atoms. The highest BCUT2D eigenvalue weighted by atomic mass is 79.9. The van der Waals surface area contributed by atoms with E-state index in [9.17, 15) is 0 Å². The fourth-order valence-corrected chi connectivity index (χ4v) is 3.26. The van der Waals surface area contributed by atoms with Crippen LogP contribution < -0.4 is 5.73 Å². The maximum Gasteiger partial charge on any atom is 0.0458 e. The van der Waals surface area contributed by atoms with Gasteiger partial charge in [-0.1, -0.05) is 30.3 Å². The molecule has 0 radical (unpaired) electrons. The standard InChI is InChI=1S/C17H19BrN2/c18-16-10-13(7-8-17(16)19)11-20-9-3-6-14-4-1-2-5-15(14)12-20/h1-2,4-5,7-8,10H,3,6,9,11-12,19H2. The van der Waals surface area contributed by atoms with Crippen LogP contribution in [-0.2, 0) is 19.5 Å². The van der Waals surface area contributed by atoms with Gasteiger partial charge in [0.05, 0.1) is 0 Å². The summed E-state index contributed by atoms with van der Waals surface area (Å²) >= 11 is 3.51. The molecule has 0 aromatic heterocycles. The van der Waals surface area contributed by atoms with Gasteiger partial charge in [0.15, 0.2) is 0 Å². The lowest BCUT2D eigenvalue weighted by molar-refractivity contribution is 0.261. The molecule has 1 aliphatic rings. The maximum absolute atomic E-state index is 5.85. The lowest BCUT2D eigenvalue weighted by Crippen LogP contribution is -2.22. The Balaban J connectivity index is 1.76. The maximum atomic E-state index is 5.85. The Bertz CT molecular complexity index is 610. The quantitative estimate of drug-likeness (QED) is 0.844. The van der Waals surface area contributed by atoms with E-state index in [1.54, 1.807) is 0 Å². The minimum atomic E-state index is 0.801. The monoisotopic (exact) mass is 330 g/mol. The Morgan fingerprint density at radius 1 is 1.10 bits per heavy atom. The van der Waals surface area contributed by atoms with Gasteiger partial charge in [0, 0.05) is 23.2 Å². The third-order valence-corrected chi connectivity index (χ3v) is 4.59. The smallest absolute Gasteiger partial charge is 0.0458 e. The average Bonchev–Trinajstić information content (AvgIpc) is 2.64. The first-order valence-electron chi connectivity index (χ1n) is 7.05. The van der Waals surface area contributed by atoms with Crippen molar-refractivity contribution in [2.45, 2.75) is 25.9 Å². The van der Waals surface area contributed by atoms with Gasteiger partial charge in [-0.15, -0.1) is 0 Å². The van der Waals surface area contributed by atoms with Gasteiger partial charge >= 0.3 is 0 Å². The van der Waals surface area contributed by atoms with Crippen molar-refractivity contribution in [3.8, 4) is 0 Å². The molecule has 0 fully saturated rings. The lowest BCUT2D eigenvalue weighted by Gasteiger charge is -2.20. The molecule has 1 heterocycles. The number of halogens is 1. The summed E-state index contributed by atoms with van der Waals surface area (Å²) in [6.07, 6.45) is 2.42. The second-order valence-electron chi connectivity index (χ2n) is 5.44. The van der Waals surface area contributed by atoms with Gasteiger partial charge in [0.1, 0.15) is 0 Å². The Hall–Kier alpha value is -1.32. The average molecular weight is 331 g/mol. The molecule has 0 saturated heterocycles. The number of nitrogens with two attached hydrogens (primary N) is 1. The van der Waals surface area contributed by atoms with E-state index in [-0.39, 0.29) is 0 Å². The number of anilines is 1. The number of fused-ring (bicyclic) bond motifs is 1. The van der Waals surface area contributed by atoms with E-state index in [4.69, 9.17) is 5.73 Å². The van der Waals surface area contributed by atoms with Crippen molar-refractivity contribution in [3.05, 3.63) is 63.6 Å². The van der Waals surface area contributed by atoms with Gasteiger partial charge < -0.3 is 5.73 Å². The van der Waals surface area contributed by atoms with Crippen LogP contribution in [0.1, 0.15) is 23.1 Å². The lowest BCUT2D eigenvalue weighted by atomic mass is 10.0. The van der Waals surface area contributed by atoms with Crippen molar-refractivity contribution in [3.63, 3.8) is 0 Å². The molecule has 2 aromatic carbocycles. The van der Waals surface area contributed by atoms with E-state index >= 15 is 0 Å². The van der Waals surface area contributed by atoms with E-state index in [2.05, 4.69) is 57.2 Å². The Labute approximate surface area is 128 Å². The molecule has 1 aliphatic heterocycles. The first-order valence-corrected chi connectivity index (χ1v) is 7.85. The summed E-state index contributed by atoms with van der Waals surface area (Å²) in [6, 6.07) is 15.0. The second kappa shape index (κ2) is 5.98. The van der Waals surface area contributed by atoms with Crippen LogP contribution in [0.2, 0.25) is 0 Å². The molecule has 0 aliphatic carbocycles. The predicted molar refractivity (Wildman–Crippen MR) is 87.4 cm³/mol. The zero-order chi connectivity index (χ0) is 13.9. The Morgan fingerprint density at radius 3 is 2.70 bits per heavy atom. The highest BCUT2D eigenvalue weighted by Gasteiger charge is 2.14. The zero-order valence-corrected chi connectivity index (χ0v) is 13.1. The fourth-order valence-electron chi connectivity index (χ4n) is 2.83. The van der Waals surface area contributed by atoms with Crippen molar-refractivity contribution < 1.29 is 0 Å². The number of hydrogen-bond donors (Lipinski definition) is 1. The summed E-state index contributed by atoms with van der Waals surface area (Å²) in [7, 11) is 0. The molecule has 0 spiro atoms. The molecular formula is C17H19BrN2. The number of benzene rings is 2. The third kappa shape index (κ3) is 3.05. The number of rotatable bonds is 2. The summed E-state index contributed by atoms with van der Waals surface area (Å²) in [5, 5.41) is 0. The topological polar surface area (TPSA) is 29.3 Å². The summed E-state index contributed by atoms with van der Waals surface area (Å²) < 4.78 is 0.991. The molecule has 0 saturated carbocycles. The molecule has 104 valence electrons. The highest BCUT2D eigenvalue weighted by molar-refractivity contribution is 9.10. The van der Waals surface area contributed by atoms with Gasteiger partial charge in [-0.2, -0.15) is 0 Å². The molecule has 20 heavy (non-hydrogen) atoms. The van der Waals surface area contributed by atoms with Crippen molar-refractivity contribution in [2.75, 3.05) is 12.3 Å². The van der Waals surface area contributed by atoms with Crippen LogP contribution in [0.5, 0.6) is 0 Å². The van der Waals surface area contributed by atoms with Crippen molar-refractivity contribution in [1.29, 1.82) is 0 Å². The number of nitrogens with zero attached hydrogens (tertiary/aromatic N) is 1. The van der Waals surface area contributed by atoms with Gasteiger partial charge in [-0.05, 0) is 64.1 Å². The van der Waals surface area contributed by atoms with E-state index < -0.39 is 0 Å². The van der Waals surface area contributed by atoms with Crippen molar-refractivity contribution in [2.24, 2.45) is 0 Å². The van der Waals surface area contributed by atoms with Gasteiger partial charge in [0.2, 0.25) is 0 Å². The zero-order valence-electron chi connectivity index (χ0n) is 11.5. The van der Waals surface area contributed by atoms with Crippen LogP contribution in [0.4, 0.5) is 5.69 Å². The highest BCUT2D eigenvalue weighted by Crippen LogP contribution is 2.23. The number of hydrogen-bond acceptors (Lipinski definition) is 2. The van der Waals surface area contributed by atoms with E-state index in [1.165, 1.54) is 29.5 Å². The fraction of sp³-hybridized carbons (Fsp3) is 0.294. The largest absolute Gasteiger partial charge is 0.398 e. The summed E-state index contributed by atoms with van der Waals surface area (Å²) in [5.41, 5.74) is 10.9. The van der Waals surface area contributed by atoms with Crippen LogP contribution in [0.15, 0.2) is 46.9 Å². The summed E-state index contributed by atoms with van der Waals surface area (Å²) in [6.45, 7) is 3.17. The first-order chi connectivity index (χ1) is 9.72. The SMILES string of the molecule is Nc1ccc(CN2CCCc3ccccc3C2)cc1Br. The molecule has 0 unspecified atom stereocenters. The van der Waals surface area contributed by atoms with Gasteiger partial charge in [-0.25, -0.2) is 0 Å². The normalized spacial score (nSPS) is 15.7. The molecule has 3 heteroatoms. The molecule has 0 amide bonds. The van der Waals surface area contributed by atoms with Crippen LogP contribution in [-0.4, -0.2) is 11.4 Å². The van der Waals surface area contributed by atoms with E-state index in [1.807, 2.05) is 6.07 Å². The van der Waals surface area contributed by atoms with E-state index in [0.717, 1.165) is 29.8 Å². The third-order valence-electron chi connectivity index (χ3n) is 3.90. The van der Waals surface area contributed by atoms with Crippen molar-refractivity contribution in [1.82, 2.24) is 4.90 Å². The first kappa shape index (κ1) is 13.7. The Morgan fingerprint density at radius 2 is 1.90 bits per heavy atom. The van der Waals surface area contributed by atoms with Crippen molar-refractivity contribution >= 4 is 21.6 Å². The Kier molecular flexibility index (Phi) is 4.08. The van der Waals surface area contributed by atoms with Crippen LogP contribution >= 0.6 is 15.9 Å². The van der Waals surface area contributed by atoms with Crippen LogP contribution in [0.3, 0.4) is 0 Å². The summed E-state index contributed by atoms with van der Waals surface area (Å²) in [4.78, 5) is 2.52. The second-order valence-corrected chi connectivity index (χ2v) is 6.29. The van der Waals surface area contributed by atoms with E-state index in [0.29, 0.717) is 0 Å². The molecule has 2 nitrogen and oxygen atoms in total. The minimum absolute atomic E-state index is 0.801. The van der Waals surface area contributed by atoms with Crippen LogP contribution in [0.25, 0.3) is 0 Å². The van der Waals surface area contributed by atoms with Crippen LogP contribution in [0, 0.1) is 0 Å². The van der Waals surface area contributed by atoms with Gasteiger partial charge in [0.25, 0.3) is 0 Å². The molecule has 2 N–H and O–H groups in total. The molecule has 3 rings (SSSR count). The number of nitrogen functional groups attached to an aromatic ring is 1.